The summed E-state index contributed by atoms with van der Waals surface area (Å²) in [5.41, 5.74) is 1.57. The van der Waals surface area contributed by atoms with Crippen molar-refractivity contribution in [2.24, 2.45) is 7.05 Å². The first-order valence-corrected chi connectivity index (χ1v) is 5.46. The molecule has 0 aliphatic rings. The van der Waals surface area contributed by atoms with Gasteiger partial charge in [-0.15, -0.1) is 0 Å². The van der Waals surface area contributed by atoms with Gasteiger partial charge in [0.2, 0.25) is 0 Å². The van der Waals surface area contributed by atoms with Gasteiger partial charge in [-0.25, -0.2) is 0 Å². The number of rotatable bonds is 2. The molecule has 0 saturated heterocycles. The largest absolute Gasteiger partial charge is 0.324 e. The fraction of sp³-hybridized carbons (Fsp3) is 0.200. The Morgan fingerprint density at radius 3 is 2.94 bits per heavy atom. The summed E-state index contributed by atoms with van der Waals surface area (Å²) < 4.78 is 1.73. The molecule has 0 saturated carbocycles. The van der Waals surface area contributed by atoms with E-state index in [1.54, 1.807) is 16.9 Å². The second-order valence-corrected chi connectivity index (χ2v) is 4.43. The Labute approximate surface area is 102 Å². The zero-order chi connectivity index (χ0) is 11.7. The Bertz CT molecular complexity index is 536. The summed E-state index contributed by atoms with van der Waals surface area (Å²) in [5, 5.41) is 7.72. The predicted molar refractivity (Wildman–Crippen MR) is 64.8 cm³/mol. The molecule has 0 spiro atoms. The summed E-state index contributed by atoms with van der Waals surface area (Å²) in [7, 11) is 1.83. The first-order chi connectivity index (χ1) is 7.58. The minimum Gasteiger partial charge on any atom is -0.324 e. The van der Waals surface area contributed by atoms with Gasteiger partial charge >= 0.3 is 0 Å². The fourth-order valence-electron chi connectivity index (χ4n) is 1.42. The van der Waals surface area contributed by atoms with Crippen LogP contribution in [0, 0.1) is 0 Å². The van der Waals surface area contributed by atoms with Crippen LogP contribution in [-0.4, -0.2) is 20.5 Å². The van der Waals surface area contributed by atoms with E-state index in [-0.39, 0.29) is 0 Å². The minimum atomic E-state index is -1.07. The molecule has 1 amide bonds. The number of carbonyl (C=O) groups excluding carboxylic acids is 1. The zero-order valence-electron chi connectivity index (χ0n) is 8.45. The molecule has 84 valence electrons. The molecule has 1 heterocycles. The lowest BCUT2D eigenvalue weighted by Crippen LogP contribution is -2.18. The lowest BCUT2D eigenvalue weighted by molar-refractivity contribution is -0.114. The summed E-state index contributed by atoms with van der Waals surface area (Å²) >= 11 is 10.9. The fourth-order valence-corrected chi connectivity index (χ4v) is 1.53. The molecule has 1 aromatic carbocycles. The van der Waals surface area contributed by atoms with Gasteiger partial charge < -0.3 is 5.32 Å². The highest BCUT2D eigenvalue weighted by Crippen LogP contribution is 2.19. The average molecular weight is 258 g/mol. The van der Waals surface area contributed by atoms with Crippen LogP contribution in [0.1, 0.15) is 0 Å². The molecule has 0 bridgehead atoms. The van der Waals surface area contributed by atoms with Gasteiger partial charge in [0.15, 0.2) is 4.84 Å². The highest BCUT2D eigenvalue weighted by atomic mass is 35.5. The van der Waals surface area contributed by atoms with Crippen molar-refractivity contribution < 1.29 is 4.79 Å². The Morgan fingerprint density at radius 1 is 1.50 bits per heavy atom. The number of amides is 1. The monoisotopic (exact) mass is 257 g/mol. The van der Waals surface area contributed by atoms with Gasteiger partial charge in [0.1, 0.15) is 0 Å². The lowest BCUT2D eigenvalue weighted by atomic mass is 10.2. The second-order valence-electron chi connectivity index (χ2n) is 3.33. The molecule has 16 heavy (non-hydrogen) atoms. The van der Waals surface area contributed by atoms with Gasteiger partial charge in [-0.05, 0) is 18.2 Å². The molecule has 0 unspecified atom stereocenters. The van der Waals surface area contributed by atoms with Crippen LogP contribution >= 0.6 is 23.2 Å². The molecule has 0 atom stereocenters. The predicted octanol–water partition coefficient (Wildman–Crippen LogP) is 2.32. The third-order valence-corrected chi connectivity index (χ3v) is 2.61. The van der Waals surface area contributed by atoms with Crippen LogP contribution in [0.4, 0.5) is 5.69 Å². The number of alkyl halides is 2. The van der Waals surface area contributed by atoms with Gasteiger partial charge in [0, 0.05) is 18.1 Å². The van der Waals surface area contributed by atoms with Crippen LogP contribution in [0.15, 0.2) is 24.4 Å². The van der Waals surface area contributed by atoms with Crippen molar-refractivity contribution in [3.8, 4) is 0 Å². The second kappa shape index (κ2) is 4.31. The number of nitrogens with one attached hydrogen (secondary N) is 1. The molecular weight excluding hydrogens is 249 g/mol. The number of halogens is 2. The van der Waals surface area contributed by atoms with E-state index in [4.69, 9.17) is 23.2 Å². The van der Waals surface area contributed by atoms with Crippen LogP contribution in [0.5, 0.6) is 0 Å². The minimum absolute atomic E-state index is 0.440. The van der Waals surface area contributed by atoms with Gasteiger partial charge in [-0.1, -0.05) is 23.2 Å². The number of anilines is 1. The van der Waals surface area contributed by atoms with Crippen LogP contribution in [-0.2, 0) is 11.8 Å². The van der Waals surface area contributed by atoms with Crippen LogP contribution in [0.3, 0.4) is 0 Å². The van der Waals surface area contributed by atoms with E-state index in [1.165, 1.54) is 0 Å². The molecule has 0 aliphatic heterocycles. The average Bonchev–Trinajstić information content (AvgIpc) is 2.60. The molecule has 2 aromatic rings. The Balaban J connectivity index is 2.32. The summed E-state index contributed by atoms with van der Waals surface area (Å²) in [4.78, 5) is 10.2. The maximum absolute atomic E-state index is 11.3. The van der Waals surface area contributed by atoms with E-state index in [9.17, 15) is 4.79 Å². The molecular formula is C10H9Cl2N3O. The number of hydrogen-bond donors (Lipinski definition) is 1. The van der Waals surface area contributed by atoms with E-state index in [0.717, 1.165) is 10.9 Å². The topological polar surface area (TPSA) is 46.9 Å². The highest BCUT2D eigenvalue weighted by molar-refractivity contribution is 6.54. The zero-order valence-corrected chi connectivity index (χ0v) is 9.96. The number of nitrogens with zero attached hydrogens (tertiary/aromatic N) is 2. The van der Waals surface area contributed by atoms with E-state index in [0.29, 0.717) is 5.69 Å². The third-order valence-electron chi connectivity index (χ3n) is 2.21. The maximum atomic E-state index is 11.3. The SMILES string of the molecule is Cn1ncc2ccc(NC(=O)C(Cl)Cl)cc21. The Morgan fingerprint density at radius 2 is 2.25 bits per heavy atom. The van der Waals surface area contributed by atoms with E-state index in [1.807, 2.05) is 19.2 Å². The summed E-state index contributed by atoms with van der Waals surface area (Å²) in [6, 6.07) is 5.46. The summed E-state index contributed by atoms with van der Waals surface area (Å²) in [5.74, 6) is -0.440. The molecule has 6 heteroatoms. The number of carbonyl (C=O) groups is 1. The first-order valence-electron chi connectivity index (χ1n) is 4.58. The molecule has 4 nitrogen and oxygen atoms in total. The van der Waals surface area contributed by atoms with E-state index < -0.39 is 10.7 Å². The summed E-state index contributed by atoms with van der Waals surface area (Å²) in [6.45, 7) is 0. The van der Waals surface area contributed by atoms with Gasteiger partial charge in [-0.3, -0.25) is 9.48 Å². The standard InChI is InChI=1S/C10H9Cl2N3O/c1-15-8-4-7(14-10(16)9(11)12)3-2-6(8)5-13-15/h2-5,9H,1H3,(H,14,16). The number of hydrogen-bond acceptors (Lipinski definition) is 2. The molecule has 0 aliphatic carbocycles. The van der Waals surface area contributed by atoms with Crippen LogP contribution < -0.4 is 5.32 Å². The van der Waals surface area contributed by atoms with Gasteiger partial charge in [0.05, 0.1) is 11.7 Å². The Kier molecular flexibility index (Phi) is 3.03. The molecule has 1 N–H and O–H groups in total. The molecule has 2 rings (SSSR count). The number of aromatic nitrogens is 2. The van der Waals surface area contributed by atoms with Crippen molar-refractivity contribution >= 4 is 45.7 Å². The normalized spacial score (nSPS) is 11.0. The Hall–Kier alpha value is -1.26. The third kappa shape index (κ3) is 2.13. The van der Waals surface area contributed by atoms with Crippen LogP contribution in [0.25, 0.3) is 10.9 Å². The highest BCUT2D eigenvalue weighted by Gasteiger charge is 2.11. The van der Waals surface area contributed by atoms with E-state index in [2.05, 4.69) is 10.4 Å². The number of fused-ring (bicyclic) bond motifs is 1. The molecule has 0 fully saturated rings. The molecule has 1 aromatic heterocycles. The summed E-state index contributed by atoms with van der Waals surface area (Å²) in [6.07, 6.45) is 1.76. The van der Waals surface area contributed by atoms with Crippen molar-refractivity contribution in [2.45, 2.75) is 4.84 Å². The van der Waals surface area contributed by atoms with E-state index >= 15 is 0 Å². The number of aryl methyl sites for hydroxylation is 1. The first kappa shape index (κ1) is 11.2. The van der Waals surface area contributed by atoms with Crippen molar-refractivity contribution in [1.82, 2.24) is 9.78 Å². The maximum Gasteiger partial charge on any atom is 0.257 e. The van der Waals surface area contributed by atoms with Gasteiger partial charge in [0.25, 0.3) is 5.91 Å². The van der Waals surface area contributed by atoms with Crippen LogP contribution in [0.2, 0.25) is 0 Å². The smallest absolute Gasteiger partial charge is 0.257 e. The van der Waals surface area contributed by atoms with Crippen molar-refractivity contribution in [3.63, 3.8) is 0 Å². The quantitative estimate of drug-likeness (QED) is 0.840. The molecule has 0 radical (unpaired) electrons. The number of benzene rings is 1. The van der Waals surface area contributed by atoms with Crippen molar-refractivity contribution in [3.05, 3.63) is 24.4 Å². The van der Waals surface area contributed by atoms with Crippen molar-refractivity contribution in [1.29, 1.82) is 0 Å². The van der Waals surface area contributed by atoms with Crippen molar-refractivity contribution in [2.75, 3.05) is 5.32 Å². The van der Waals surface area contributed by atoms with Gasteiger partial charge in [-0.2, -0.15) is 5.10 Å². The lowest BCUT2D eigenvalue weighted by Gasteiger charge is -2.05.